The van der Waals surface area contributed by atoms with Gasteiger partial charge in [0.2, 0.25) is 0 Å². The summed E-state index contributed by atoms with van der Waals surface area (Å²) in [6.07, 6.45) is 2.07. The molecule has 1 aliphatic heterocycles. The first kappa shape index (κ1) is 18.2. The van der Waals surface area contributed by atoms with Crippen LogP contribution in [-0.4, -0.2) is 39.3 Å². The maximum absolute atomic E-state index is 12.5. The standard InChI is InChI=1S/C17H22N2O2S.ClH/c1-21-12-17(6-8-18-9-7-17)11-19-16(20)14-10-22-15-5-3-2-4-13(14)15;/h2-5,10,18H,6-9,11-12H2,1H3,(H,19,20);1H. The number of thiophene rings is 1. The number of carbonyl (C=O) groups excluding carboxylic acids is 1. The summed E-state index contributed by atoms with van der Waals surface area (Å²) in [5.41, 5.74) is 0.837. The van der Waals surface area contributed by atoms with Crippen molar-refractivity contribution in [2.45, 2.75) is 12.8 Å². The molecule has 0 bridgehead atoms. The minimum absolute atomic E-state index is 0. The van der Waals surface area contributed by atoms with Crippen molar-refractivity contribution in [2.24, 2.45) is 5.41 Å². The lowest BCUT2D eigenvalue weighted by Crippen LogP contribution is -2.47. The average Bonchev–Trinajstić information content (AvgIpc) is 2.98. The first-order valence-corrected chi connectivity index (χ1v) is 8.56. The molecule has 2 N–H and O–H groups in total. The Morgan fingerprint density at radius 2 is 2.09 bits per heavy atom. The lowest BCUT2D eigenvalue weighted by molar-refractivity contribution is 0.0512. The first-order chi connectivity index (χ1) is 10.7. The molecule has 1 aromatic carbocycles. The van der Waals surface area contributed by atoms with E-state index in [4.69, 9.17) is 4.74 Å². The zero-order valence-corrected chi connectivity index (χ0v) is 14.9. The molecule has 23 heavy (non-hydrogen) atoms. The van der Waals surface area contributed by atoms with Gasteiger partial charge in [0, 0.05) is 34.5 Å². The van der Waals surface area contributed by atoms with Crippen LogP contribution < -0.4 is 10.6 Å². The largest absolute Gasteiger partial charge is 0.384 e. The quantitative estimate of drug-likeness (QED) is 0.867. The topological polar surface area (TPSA) is 50.4 Å². The highest BCUT2D eigenvalue weighted by molar-refractivity contribution is 7.17. The second-order valence-electron chi connectivity index (χ2n) is 6.01. The molecule has 1 amide bonds. The molecule has 0 aliphatic carbocycles. The van der Waals surface area contributed by atoms with Gasteiger partial charge in [-0.05, 0) is 32.0 Å². The van der Waals surface area contributed by atoms with Crippen LogP contribution in [0.25, 0.3) is 10.1 Å². The Bertz CT molecular complexity index is 647. The zero-order valence-electron chi connectivity index (χ0n) is 13.3. The lowest BCUT2D eigenvalue weighted by Gasteiger charge is -2.37. The summed E-state index contributed by atoms with van der Waals surface area (Å²) >= 11 is 1.62. The normalized spacial score (nSPS) is 16.7. The minimum atomic E-state index is 0. The van der Waals surface area contributed by atoms with Crippen LogP contribution in [0.5, 0.6) is 0 Å². The Balaban J connectivity index is 0.00000192. The van der Waals surface area contributed by atoms with E-state index in [2.05, 4.69) is 16.7 Å². The molecule has 2 heterocycles. The number of nitrogens with one attached hydrogen (secondary N) is 2. The number of ether oxygens (including phenoxy) is 1. The van der Waals surface area contributed by atoms with Crippen molar-refractivity contribution in [3.8, 4) is 0 Å². The number of halogens is 1. The molecule has 1 fully saturated rings. The van der Waals surface area contributed by atoms with Crippen molar-refractivity contribution in [3.05, 3.63) is 35.2 Å². The van der Waals surface area contributed by atoms with Crippen molar-refractivity contribution in [1.29, 1.82) is 0 Å². The third kappa shape index (κ3) is 4.04. The monoisotopic (exact) mass is 354 g/mol. The van der Waals surface area contributed by atoms with Gasteiger partial charge in [0.1, 0.15) is 0 Å². The van der Waals surface area contributed by atoms with Crippen LogP contribution in [0, 0.1) is 5.41 Å². The first-order valence-electron chi connectivity index (χ1n) is 7.68. The van der Waals surface area contributed by atoms with Crippen LogP contribution in [0.3, 0.4) is 0 Å². The number of carbonyl (C=O) groups is 1. The summed E-state index contributed by atoms with van der Waals surface area (Å²) in [7, 11) is 1.73. The van der Waals surface area contributed by atoms with Crippen LogP contribution in [0.1, 0.15) is 23.2 Å². The van der Waals surface area contributed by atoms with Crippen LogP contribution >= 0.6 is 23.7 Å². The summed E-state index contributed by atoms with van der Waals surface area (Å²) in [5.74, 6) is 0.0199. The number of rotatable bonds is 5. The highest BCUT2D eigenvalue weighted by Gasteiger charge is 2.32. The molecule has 6 heteroatoms. The number of benzene rings is 1. The van der Waals surface area contributed by atoms with E-state index < -0.39 is 0 Å². The fourth-order valence-corrected chi connectivity index (χ4v) is 4.09. The predicted molar refractivity (Wildman–Crippen MR) is 97.8 cm³/mol. The molecule has 1 aliphatic rings. The van der Waals surface area contributed by atoms with Crippen LogP contribution in [0.2, 0.25) is 0 Å². The number of hydrogen-bond donors (Lipinski definition) is 2. The van der Waals surface area contributed by atoms with Crippen LogP contribution in [0.4, 0.5) is 0 Å². The summed E-state index contributed by atoms with van der Waals surface area (Å²) in [5, 5.41) is 9.49. The molecule has 1 aromatic heterocycles. The van der Waals surface area contributed by atoms with E-state index in [1.807, 2.05) is 23.6 Å². The number of fused-ring (bicyclic) bond motifs is 1. The molecular formula is C17H23ClN2O2S. The molecule has 2 aromatic rings. The molecule has 1 saturated heterocycles. The van der Waals surface area contributed by atoms with E-state index >= 15 is 0 Å². The average molecular weight is 355 g/mol. The Morgan fingerprint density at radius 1 is 1.35 bits per heavy atom. The molecule has 0 radical (unpaired) electrons. The third-order valence-electron chi connectivity index (χ3n) is 4.46. The second-order valence-corrected chi connectivity index (χ2v) is 6.92. The molecule has 3 rings (SSSR count). The van der Waals surface area contributed by atoms with Crippen molar-refractivity contribution in [1.82, 2.24) is 10.6 Å². The fourth-order valence-electron chi connectivity index (χ4n) is 3.15. The SMILES string of the molecule is COCC1(CNC(=O)c2csc3ccccc23)CCNCC1.Cl. The van der Waals surface area contributed by atoms with Gasteiger partial charge >= 0.3 is 0 Å². The van der Waals surface area contributed by atoms with E-state index in [-0.39, 0.29) is 23.7 Å². The Labute approximate surface area is 147 Å². The van der Waals surface area contributed by atoms with E-state index in [0.717, 1.165) is 41.6 Å². The smallest absolute Gasteiger partial charge is 0.252 e. The molecule has 0 atom stereocenters. The zero-order chi connectivity index (χ0) is 15.4. The molecule has 126 valence electrons. The summed E-state index contributed by atoms with van der Waals surface area (Å²) in [6.45, 7) is 3.34. The number of piperidine rings is 1. The Kier molecular flexibility index (Phi) is 6.41. The Hall–Kier alpha value is -1.14. The highest BCUT2D eigenvalue weighted by Crippen LogP contribution is 2.29. The van der Waals surface area contributed by atoms with E-state index in [1.54, 1.807) is 18.4 Å². The van der Waals surface area contributed by atoms with Crippen LogP contribution in [0.15, 0.2) is 29.6 Å². The summed E-state index contributed by atoms with van der Waals surface area (Å²) < 4.78 is 6.55. The van der Waals surface area contributed by atoms with Crippen molar-refractivity contribution in [3.63, 3.8) is 0 Å². The lowest BCUT2D eigenvalue weighted by atomic mass is 9.79. The molecule has 0 spiro atoms. The maximum Gasteiger partial charge on any atom is 0.252 e. The third-order valence-corrected chi connectivity index (χ3v) is 5.43. The second kappa shape index (κ2) is 8.11. The van der Waals surface area contributed by atoms with Crippen molar-refractivity contribution in [2.75, 3.05) is 33.4 Å². The van der Waals surface area contributed by atoms with Crippen LogP contribution in [-0.2, 0) is 4.74 Å². The minimum Gasteiger partial charge on any atom is -0.384 e. The molecule has 0 saturated carbocycles. The van der Waals surface area contributed by atoms with Gasteiger partial charge in [-0.1, -0.05) is 18.2 Å². The van der Waals surface area contributed by atoms with Crippen molar-refractivity contribution < 1.29 is 9.53 Å². The fraction of sp³-hybridized carbons (Fsp3) is 0.471. The van der Waals surface area contributed by atoms with Gasteiger partial charge in [0.15, 0.2) is 0 Å². The van der Waals surface area contributed by atoms with E-state index in [1.165, 1.54) is 0 Å². The van der Waals surface area contributed by atoms with Gasteiger partial charge in [-0.15, -0.1) is 23.7 Å². The van der Waals surface area contributed by atoms with Gasteiger partial charge in [0.05, 0.1) is 12.2 Å². The molecule has 4 nitrogen and oxygen atoms in total. The van der Waals surface area contributed by atoms with Crippen molar-refractivity contribution >= 4 is 39.7 Å². The predicted octanol–water partition coefficient (Wildman–Crippen LogP) is 3.07. The van der Waals surface area contributed by atoms with Gasteiger partial charge < -0.3 is 15.4 Å². The van der Waals surface area contributed by atoms with Gasteiger partial charge in [-0.3, -0.25) is 4.79 Å². The van der Waals surface area contributed by atoms with Gasteiger partial charge in [-0.25, -0.2) is 0 Å². The number of amides is 1. The number of methoxy groups -OCH3 is 1. The molecule has 0 unspecified atom stereocenters. The Morgan fingerprint density at radius 3 is 2.83 bits per heavy atom. The van der Waals surface area contributed by atoms with E-state index in [9.17, 15) is 4.79 Å². The number of hydrogen-bond acceptors (Lipinski definition) is 4. The highest BCUT2D eigenvalue weighted by atomic mass is 35.5. The maximum atomic E-state index is 12.5. The summed E-state index contributed by atoms with van der Waals surface area (Å²) in [6, 6.07) is 8.04. The van der Waals surface area contributed by atoms with Gasteiger partial charge in [-0.2, -0.15) is 0 Å². The van der Waals surface area contributed by atoms with Gasteiger partial charge in [0.25, 0.3) is 5.91 Å². The van der Waals surface area contributed by atoms with E-state index in [0.29, 0.717) is 13.2 Å². The summed E-state index contributed by atoms with van der Waals surface area (Å²) in [4.78, 5) is 12.5. The molecular weight excluding hydrogens is 332 g/mol.